The zero-order valence-electron chi connectivity index (χ0n) is 12.6. The van der Waals surface area contributed by atoms with E-state index in [1.807, 2.05) is 19.9 Å². The fraction of sp³-hybridized carbons (Fsp3) is 0.250. The molecule has 0 bridgehead atoms. The lowest BCUT2D eigenvalue weighted by molar-refractivity contribution is 0.102. The Morgan fingerprint density at radius 2 is 1.76 bits per heavy atom. The second-order valence-corrected chi connectivity index (χ2v) is 4.66. The predicted octanol–water partition coefficient (Wildman–Crippen LogP) is 2.97. The Morgan fingerprint density at radius 3 is 2.38 bits per heavy atom. The summed E-state index contributed by atoms with van der Waals surface area (Å²) in [6, 6.07) is 7.03. The van der Waals surface area contributed by atoms with Crippen molar-refractivity contribution in [3.05, 3.63) is 47.3 Å². The quantitative estimate of drug-likeness (QED) is 0.938. The first-order valence-electron chi connectivity index (χ1n) is 6.51. The van der Waals surface area contributed by atoms with Gasteiger partial charge in [-0.25, -0.2) is 0 Å². The Morgan fingerprint density at radius 1 is 1.10 bits per heavy atom. The average Bonchev–Trinajstić information content (AvgIpc) is 2.46. The largest absolute Gasteiger partial charge is 0.493 e. The highest BCUT2D eigenvalue weighted by molar-refractivity contribution is 6.05. The average molecular weight is 286 g/mol. The van der Waals surface area contributed by atoms with Crippen molar-refractivity contribution in [2.45, 2.75) is 13.8 Å². The SMILES string of the molecule is COc1cc(C)c(C(=O)Nc2ccnc(C)c2)cc1OC. The molecule has 0 aliphatic carbocycles. The molecule has 0 aliphatic rings. The number of aryl methyl sites for hydroxylation is 2. The van der Waals surface area contributed by atoms with Crippen LogP contribution in [0.3, 0.4) is 0 Å². The molecule has 0 spiro atoms. The number of ether oxygens (including phenoxy) is 2. The van der Waals surface area contributed by atoms with Crippen LogP contribution in [0.5, 0.6) is 11.5 Å². The number of amides is 1. The minimum Gasteiger partial charge on any atom is -0.493 e. The zero-order chi connectivity index (χ0) is 15.4. The highest BCUT2D eigenvalue weighted by atomic mass is 16.5. The van der Waals surface area contributed by atoms with Gasteiger partial charge in [0.15, 0.2) is 11.5 Å². The van der Waals surface area contributed by atoms with Gasteiger partial charge in [-0.15, -0.1) is 0 Å². The molecule has 21 heavy (non-hydrogen) atoms. The number of anilines is 1. The van der Waals surface area contributed by atoms with Crippen LogP contribution in [0.4, 0.5) is 5.69 Å². The molecule has 110 valence electrons. The number of carbonyl (C=O) groups excluding carboxylic acids is 1. The van der Waals surface area contributed by atoms with Crippen molar-refractivity contribution in [3.63, 3.8) is 0 Å². The lowest BCUT2D eigenvalue weighted by Crippen LogP contribution is -2.14. The molecule has 0 aliphatic heterocycles. The van der Waals surface area contributed by atoms with Gasteiger partial charge in [0, 0.05) is 23.1 Å². The molecule has 1 amide bonds. The summed E-state index contributed by atoms with van der Waals surface area (Å²) >= 11 is 0. The van der Waals surface area contributed by atoms with Gasteiger partial charge < -0.3 is 14.8 Å². The number of hydrogen-bond donors (Lipinski definition) is 1. The lowest BCUT2D eigenvalue weighted by Gasteiger charge is -2.13. The molecule has 1 heterocycles. The number of pyridine rings is 1. The van der Waals surface area contributed by atoms with E-state index in [4.69, 9.17) is 9.47 Å². The van der Waals surface area contributed by atoms with E-state index in [1.165, 1.54) is 0 Å². The molecule has 1 N–H and O–H groups in total. The number of benzene rings is 1. The van der Waals surface area contributed by atoms with Crippen LogP contribution in [0.25, 0.3) is 0 Å². The highest BCUT2D eigenvalue weighted by Crippen LogP contribution is 2.30. The van der Waals surface area contributed by atoms with Crippen molar-refractivity contribution in [2.24, 2.45) is 0 Å². The fourth-order valence-corrected chi connectivity index (χ4v) is 2.05. The molecule has 2 aromatic rings. The number of methoxy groups -OCH3 is 2. The maximum Gasteiger partial charge on any atom is 0.256 e. The van der Waals surface area contributed by atoms with Gasteiger partial charge >= 0.3 is 0 Å². The molecule has 5 nitrogen and oxygen atoms in total. The monoisotopic (exact) mass is 286 g/mol. The standard InChI is InChI=1S/C16H18N2O3/c1-10-7-14(20-3)15(21-4)9-13(10)16(19)18-12-5-6-17-11(2)8-12/h5-9H,1-4H3,(H,17,18,19). The summed E-state index contributed by atoms with van der Waals surface area (Å²) in [6.45, 7) is 3.73. The van der Waals surface area contributed by atoms with Gasteiger partial charge in [-0.2, -0.15) is 0 Å². The summed E-state index contributed by atoms with van der Waals surface area (Å²) in [5.74, 6) is 0.935. The second kappa shape index (κ2) is 6.26. The molecular formula is C16H18N2O3. The topological polar surface area (TPSA) is 60.5 Å². The molecule has 1 aromatic heterocycles. The van der Waals surface area contributed by atoms with Gasteiger partial charge in [0.05, 0.1) is 14.2 Å². The number of aromatic nitrogens is 1. The van der Waals surface area contributed by atoms with Gasteiger partial charge in [-0.1, -0.05) is 0 Å². The lowest BCUT2D eigenvalue weighted by atomic mass is 10.1. The van der Waals surface area contributed by atoms with Crippen LogP contribution in [0.1, 0.15) is 21.6 Å². The van der Waals surface area contributed by atoms with Gasteiger partial charge in [-0.3, -0.25) is 9.78 Å². The maximum atomic E-state index is 12.4. The van der Waals surface area contributed by atoms with Crippen molar-refractivity contribution < 1.29 is 14.3 Å². The van der Waals surface area contributed by atoms with Gasteiger partial charge in [-0.05, 0) is 43.7 Å². The normalized spacial score (nSPS) is 10.1. The van der Waals surface area contributed by atoms with E-state index in [2.05, 4.69) is 10.3 Å². The van der Waals surface area contributed by atoms with Crippen molar-refractivity contribution in [1.82, 2.24) is 4.98 Å². The van der Waals surface area contributed by atoms with E-state index in [1.54, 1.807) is 38.6 Å². The minimum absolute atomic E-state index is 0.195. The van der Waals surface area contributed by atoms with E-state index >= 15 is 0 Å². The van der Waals surface area contributed by atoms with Crippen molar-refractivity contribution in [3.8, 4) is 11.5 Å². The highest BCUT2D eigenvalue weighted by Gasteiger charge is 2.14. The first-order chi connectivity index (χ1) is 10.0. The molecule has 2 rings (SSSR count). The summed E-state index contributed by atoms with van der Waals surface area (Å²) in [5.41, 5.74) is 2.91. The van der Waals surface area contributed by atoms with E-state index in [0.29, 0.717) is 22.7 Å². The summed E-state index contributed by atoms with van der Waals surface area (Å²) < 4.78 is 10.5. The first kappa shape index (κ1) is 14.8. The maximum absolute atomic E-state index is 12.4. The van der Waals surface area contributed by atoms with Crippen LogP contribution < -0.4 is 14.8 Å². The fourth-order valence-electron chi connectivity index (χ4n) is 2.05. The minimum atomic E-state index is -0.195. The third kappa shape index (κ3) is 3.31. The van der Waals surface area contributed by atoms with Gasteiger partial charge in [0.25, 0.3) is 5.91 Å². The number of nitrogens with one attached hydrogen (secondary N) is 1. The van der Waals surface area contributed by atoms with Crippen molar-refractivity contribution in [2.75, 3.05) is 19.5 Å². The second-order valence-electron chi connectivity index (χ2n) is 4.66. The third-order valence-corrected chi connectivity index (χ3v) is 3.13. The molecule has 0 fully saturated rings. The summed E-state index contributed by atoms with van der Waals surface area (Å²) in [4.78, 5) is 16.5. The number of rotatable bonds is 4. The van der Waals surface area contributed by atoms with Crippen LogP contribution in [0.15, 0.2) is 30.5 Å². The van der Waals surface area contributed by atoms with E-state index < -0.39 is 0 Å². The van der Waals surface area contributed by atoms with Crippen LogP contribution in [0.2, 0.25) is 0 Å². The van der Waals surface area contributed by atoms with Crippen LogP contribution in [-0.4, -0.2) is 25.1 Å². The smallest absolute Gasteiger partial charge is 0.256 e. The summed E-state index contributed by atoms with van der Waals surface area (Å²) in [7, 11) is 3.11. The molecule has 0 saturated carbocycles. The van der Waals surface area contributed by atoms with Gasteiger partial charge in [0.1, 0.15) is 0 Å². The van der Waals surface area contributed by atoms with Crippen molar-refractivity contribution >= 4 is 11.6 Å². The number of hydrogen-bond acceptors (Lipinski definition) is 4. The van der Waals surface area contributed by atoms with Gasteiger partial charge in [0.2, 0.25) is 0 Å². The number of nitrogens with zero attached hydrogens (tertiary/aromatic N) is 1. The Bertz CT molecular complexity index is 669. The predicted molar refractivity (Wildman–Crippen MR) is 81.2 cm³/mol. The Kier molecular flexibility index (Phi) is 4.42. The molecular weight excluding hydrogens is 268 g/mol. The Balaban J connectivity index is 2.31. The number of carbonyl (C=O) groups is 1. The Hall–Kier alpha value is -2.56. The third-order valence-electron chi connectivity index (χ3n) is 3.13. The van der Waals surface area contributed by atoms with E-state index in [9.17, 15) is 4.79 Å². The van der Waals surface area contributed by atoms with E-state index in [-0.39, 0.29) is 5.91 Å². The molecule has 0 saturated heterocycles. The van der Waals surface area contributed by atoms with Crippen LogP contribution in [-0.2, 0) is 0 Å². The zero-order valence-corrected chi connectivity index (χ0v) is 12.6. The molecule has 0 radical (unpaired) electrons. The van der Waals surface area contributed by atoms with Crippen LogP contribution >= 0.6 is 0 Å². The first-order valence-corrected chi connectivity index (χ1v) is 6.51. The summed E-state index contributed by atoms with van der Waals surface area (Å²) in [6.07, 6.45) is 1.66. The molecule has 5 heteroatoms. The molecule has 0 atom stereocenters. The molecule has 0 unspecified atom stereocenters. The Labute approximate surface area is 123 Å². The molecule has 1 aromatic carbocycles. The summed E-state index contributed by atoms with van der Waals surface area (Å²) in [5, 5.41) is 2.85. The van der Waals surface area contributed by atoms with E-state index in [0.717, 1.165) is 11.3 Å². The van der Waals surface area contributed by atoms with Crippen molar-refractivity contribution in [1.29, 1.82) is 0 Å². The van der Waals surface area contributed by atoms with Crippen LogP contribution in [0, 0.1) is 13.8 Å².